The number of ether oxygens (including phenoxy) is 1. The van der Waals surface area contributed by atoms with Gasteiger partial charge in [0.15, 0.2) is 0 Å². The van der Waals surface area contributed by atoms with Crippen molar-refractivity contribution in [2.75, 3.05) is 32.8 Å². The van der Waals surface area contributed by atoms with Gasteiger partial charge >= 0.3 is 0 Å². The molecule has 1 aromatic rings. The summed E-state index contributed by atoms with van der Waals surface area (Å²) in [4.78, 5) is 2.47. The Hall–Kier alpha value is -0.170. The molecular weight excluding hydrogens is 339 g/mol. The maximum absolute atomic E-state index is 5.36. The highest BCUT2D eigenvalue weighted by atomic mass is 127. The van der Waals surface area contributed by atoms with Crippen molar-refractivity contribution < 1.29 is 4.74 Å². The molecule has 1 fully saturated rings. The van der Waals surface area contributed by atoms with E-state index in [9.17, 15) is 0 Å². The zero-order valence-electron chi connectivity index (χ0n) is 10.9. The zero-order valence-corrected chi connectivity index (χ0v) is 13.0. The number of hydrogen-bond donors (Lipinski definition) is 1. The fourth-order valence-corrected chi connectivity index (χ4v) is 2.49. The molecule has 0 aliphatic carbocycles. The lowest BCUT2D eigenvalue weighted by Crippen LogP contribution is -2.44. The van der Waals surface area contributed by atoms with Gasteiger partial charge in [-0.25, -0.2) is 0 Å². The van der Waals surface area contributed by atoms with E-state index in [1.165, 1.54) is 9.13 Å². The highest BCUT2D eigenvalue weighted by Crippen LogP contribution is 2.07. The summed E-state index contributed by atoms with van der Waals surface area (Å²) in [6, 6.07) is 9.21. The van der Waals surface area contributed by atoms with E-state index in [1.807, 2.05) is 0 Å². The topological polar surface area (TPSA) is 24.5 Å². The fraction of sp³-hybridized carbons (Fsp3) is 0.571. The average molecular weight is 360 g/mol. The van der Waals surface area contributed by atoms with E-state index in [4.69, 9.17) is 4.74 Å². The molecule has 1 saturated heterocycles. The molecule has 0 saturated carbocycles. The highest BCUT2D eigenvalue weighted by molar-refractivity contribution is 14.1. The number of benzene rings is 1. The van der Waals surface area contributed by atoms with Crippen LogP contribution in [0.4, 0.5) is 0 Å². The van der Waals surface area contributed by atoms with Gasteiger partial charge in [-0.2, -0.15) is 0 Å². The van der Waals surface area contributed by atoms with Crippen molar-refractivity contribution in [3.8, 4) is 0 Å². The first-order valence-electron chi connectivity index (χ1n) is 6.52. The van der Waals surface area contributed by atoms with Crippen LogP contribution in [-0.2, 0) is 11.3 Å². The minimum Gasteiger partial charge on any atom is -0.379 e. The van der Waals surface area contributed by atoms with Crippen LogP contribution in [0.1, 0.15) is 12.5 Å². The lowest BCUT2D eigenvalue weighted by molar-refractivity contribution is 0.0343. The molecule has 3 nitrogen and oxygen atoms in total. The molecule has 100 valence electrons. The van der Waals surface area contributed by atoms with Crippen molar-refractivity contribution in [2.45, 2.75) is 19.5 Å². The summed E-state index contributed by atoms with van der Waals surface area (Å²) in [5, 5.41) is 3.58. The summed E-state index contributed by atoms with van der Waals surface area (Å²) in [5.74, 6) is 0. The lowest BCUT2D eigenvalue weighted by Gasteiger charge is -2.29. The van der Waals surface area contributed by atoms with Crippen LogP contribution in [-0.4, -0.2) is 43.8 Å². The summed E-state index contributed by atoms with van der Waals surface area (Å²) in [5.41, 5.74) is 1.35. The van der Waals surface area contributed by atoms with Crippen LogP contribution in [0.15, 0.2) is 24.3 Å². The number of rotatable bonds is 5. The molecule has 0 spiro atoms. The molecular formula is C14H21IN2O. The van der Waals surface area contributed by atoms with Gasteiger partial charge in [-0.15, -0.1) is 0 Å². The molecule has 0 bridgehead atoms. The molecule has 0 amide bonds. The molecule has 1 N–H and O–H groups in total. The van der Waals surface area contributed by atoms with Crippen molar-refractivity contribution in [3.63, 3.8) is 0 Å². The van der Waals surface area contributed by atoms with E-state index >= 15 is 0 Å². The molecule has 18 heavy (non-hydrogen) atoms. The Morgan fingerprint density at radius 1 is 1.28 bits per heavy atom. The third-order valence-electron chi connectivity index (χ3n) is 3.20. The van der Waals surface area contributed by atoms with Crippen LogP contribution in [0.2, 0.25) is 0 Å². The molecule has 1 atom stereocenters. The summed E-state index contributed by atoms with van der Waals surface area (Å²) in [7, 11) is 0. The largest absolute Gasteiger partial charge is 0.379 e. The zero-order chi connectivity index (χ0) is 12.8. The second-order valence-corrected chi connectivity index (χ2v) is 6.07. The van der Waals surface area contributed by atoms with Gasteiger partial charge in [-0.3, -0.25) is 4.90 Å². The van der Waals surface area contributed by atoms with Crippen molar-refractivity contribution in [1.29, 1.82) is 0 Å². The Kier molecular flexibility index (Phi) is 5.88. The summed E-state index contributed by atoms with van der Waals surface area (Å²) >= 11 is 2.34. The van der Waals surface area contributed by atoms with Gasteiger partial charge in [0, 0.05) is 35.8 Å². The SMILES string of the molecule is CC(CN1CCOCC1)NCc1ccc(I)cc1. The predicted octanol–water partition coefficient (Wildman–Crippen LogP) is 2.10. The van der Waals surface area contributed by atoms with E-state index in [2.05, 4.69) is 64.0 Å². The first kappa shape index (κ1) is 14.2. The Morgan fingerprint density at radius 2 is 1.94 bits per heavy atom. The minimum absolute atomic E-state index is 0.516. The monoisotopic (exact) mass is 360 g/mol. The van der Waals surface area contributed by atoms with Crippen molar-refractivity contribution in [1.82, 2.24) is 10.2 Å². The van der Waals surface area contributed by atoms with Gasteiger partial charge in [0.05, 0.1) is 13.2 Å². The van der Waals surface area contributed by atoms with Crippen LogP contribution in [0, 0.1) is 3.57 Å². The standard InChI is InChI=1S/C14H21IN2O/c1-12(11-17-6-8-18-9-7-17)16-10-13-2-4-14(15)5-3-13/h2-5,12,16H,6-11H2,1H3. The summed E-state index contributed by atoms with van der Waals surface area (Å²) in [6.07, 6.45) is 0. The van der Waals surface area contributed by atoms with Crippen molar-refractivity contribution in [2.24, 2.45) is 0 Å². The normalized spacial score (nSPS) is 18.8. The molecule has 1 heterocycles. The van der Waals surface area contributed by atoms with E-state index in [0.717, 1.165) is 39.4 Å². The van der Waals surface area contributed by atoms with Gasteiger partial charge in [0.1, 0.15) is 0 Å². The van der Waals surface area contributed by atoms with Crippen LogP contribution in [0.5, 0.6) is 0 Å². The van der Waals surface area contributed by atoms with E-state index in [1.54, 1.807) is 0 Å². The Bertz CT molecular complexity index is 349. The number of morpholine rings is 1. The Balaban J connectivity index is 1.70. The molecule has 1 aliphatic rings. The maximum Gasteiger partial charge on any atom is 0.0594 e. The van der Waals surface area contributed by atoms with Gasteiger partial charge in [0.2, 0.25) is 0 Å². The molecule has 1 aliphatic heterocycles. The third kappa shape index (κ3) is 4.84. The van der Waals surface area contributed by atoms with Crippen molar-refractivity contribution >= 4 is 22.6 Å². The van der Waals surface area contributed by atoms with Gasteiger partial charge in [-0.05, 0) is 47.2 Å². The minimum atomic E-state index is 0.516. The van der Waals surface area contributed by atoms with E-state index in [-0.39, 0.29) is 0 Å². The number of halogens is 1. The summed E-state index contributed by atoms with van der Waals surface area (Å²) < 4.78 is 6.65. The second-order valence-electron chi connectivity index (χ2n) is 4.82. The predicted molar refractivity (Wildman–Crippen MR) is 82.7 cm³/mol. The van der Waals surface area contributed by atoms with Crippen LogP contribution in [0.3, 0.4) is 0 Å². The summed E-state index contributed by atoms with van der Waals surface area (Å²) in [6.45, 7) is 8.19. The smallest absolute Gasteiger partial charge is 0.0594 e. The van der Waals surface area contributed by atoms with Crippen molar-refractivity contribution in [3.05, 3.63) is 33.4 Å². The van der Waals surface area contributed by atoms with Crippen LogP contribution in [0.25, 0.3) is 0 Å². The molecule has 2 rings (SSSR count). The number of nitrogens with zero attached hydrogens (tertiary/aromatic N) is 1. The molecule has 1 unspecified atom stereocenters. The fourth-order valence-electron chi connectivity index (χ4n) is 2.13. The van der Waals surface area contributed by atoms with Gasteiger partial charge in [-0.1, -0.05) is 12.1 Å². The van der Waals surface area contributed by atoms with E-state index < -0.39 is 0 Å². The lowest BCUT2D eigenvalue weighted by atomic mass is 10.2. The van der Waals surface area contributed by atoms with Crippen LogP contribution >= 0.6 is 22.6 Å². The molecule has 1 aromatic carbocycles. The molecule has 0 aromatic heterocycles. The van der Waals surface area contributed by atoms with E-state index in [0.29, 0.717) is 6.04 Å². The maximum atomic E-state index is 5.36. The second kappa shape index (κ2) is 7.43. The number of hydrogen-bond acceptors (Lipinski definition) is 3. The first-order chi connectivity index (χ1) is 8.74. The molecule has 0 radical (unpaired) electrons. The highest BCUT2D eigenvalue weighted by Gasteiger charge is 2.13. The Labute approximate surface area is 123 Å². The number of nitrogens with one attached hydrogen (secondary N) is 1. The van der Waals surface area contributed by atoms with Gasteiger partial charge < -0.3 is 10.1 Å². The molecule has 4 heteroatoms. The quantitative estimate of drug-likeness (QED) is 0.814. The van der Waals surface area contributed by atoms with Crippen LogP contribution < -0.4 is 5.32 Å². The van der Waals surface area contributed by atoms with Gasteiger partial charge in [0.25, 0.3) is 0 Å². The first-order valence-corrected chi connectivity index (χ1v) is 7.60. The Morgan fingerprint density at radius 3 is 2.61 bits per heavy atom. The average Bonchev–Trinajstić information content (AvgIpc) is 2.39. The third-order valence-corrected chi connectivity index (χ3v) is 3.92.